The Morgan fingerprint density at radius 2 is 2.08 bits per heavy atom. The van der Waals surface area contributed by atoms with Crippen molar-refractivity contribution in [3.8, 4) is 11.5 Å². The lowest BCUT2D eigenvalue weighted by atomic mass is 10.1. The summed E-state index contributed by atoms with van der Waals surface area (Å²) in [6.07, 6.45) is 2.24. The van der Waals surface area contributed by atoms with Crippen molar-refractivity contribution in [2.24, 2.45) is 0 Å². The van der Waals surface area contributed by atoms with E-state index in [2.05, 4.69) is 10.3 Å². The van der Waals surface area contributed by atoms with Gasteiger partial charge in [0.05, 0.1) is 12.0 Å². The number of H-pyrrole nitrogens is 1. The predicted octanol–water partition coefficient (Wildman–Crippen LogP) is 3.06. The summed E-state index contributed by atoms with van der Waals surface area (Å²) < 4.78 is 18.5. The number of aromatic amines is 1. The number of halogens is 1. The second-order valence-electron chi connectivity index (χ2n) is 6.07. The summed E-state index contributed by atoms with van der Waals surface area (Å²) in [5.74, 6) is -0.117. The first kappa shape index (κ1) is 15.4. The Bertz CT molecular complexity index is 978. The largest absolute Gasteiger partial charge is 0.463 e. The summed E-state index contributed by atoms with van der Waals surface area (Å²) in [5, 5.41) is 2.83. The predicted molar refractivity (Wildman–Crippen MR) is 89.8 cm³/mol. The highest BCUT2D eigenvalue weighted by Crippen LogP contribution is 2.40. The lowest BCUT2D eigenvalue weighted by Crippen LogP contribution is -2.31. The molecule has 1 saturated carbocycles. The Morgan fingerprint density at radius 3 is 2.80 bits per heavy atom. The Balaban J connectivity index is 1.46. The maximum Gasteiger partial charge on any atom is 0.261 e. The number of pyridine rings is 1. The SMILES string of the molecule is O=C(N[C@@H]1C[C@@H]1c1cccc(F)c1)c1ccc(-c2ccco2)[nH]c1=O. The van der Waals surface area contributed by atoms with Crippen molar-refractivity contribution < 1.29 is 13.6 Å². The second-order valence-corrected chi connectivity index (χ2v) is 6.07. The van der Waals surface area contributed by atoms with Crippen LogP contribution in [0, 0.1) is 5.82 Å². The monoisotopic (exact) mass is 338 g/mol. The van der Waals surface area contributed by atoms with Crippen molar-refractivity contribution in [2.45, 2.75) is 18.4 Å². The Labute approximate surface area is 142 Å². The zero-order chi connectivity index (χ0) is 17.4. The number of nitrogens with one attached hydrogen (secondary N) is 2. The zero-order valence-electron chi connectivity index (χ0n) is 13.2. The van der Waals surface area contributed by atoms with Crippen LogP contribution < -0.4 is 10.9 Å². The van der Waals surface area contributed by atoms with E-state index in [0.29, 0.717) is 11.5 Å². The third kappa shape index (κ3) is 3.10. The highest BCUT2D eigenvalue weighted by molar-refractivity contribution is 5.94. The number of carbonyl (C=O) groups is 1. The highest BCUT2D eigenvalue weighted by Gasteiger charge is 2.40. The van der Waals surface area contributed by atoms with Crippen molar-refractivity contribution in [1.29, 1.82) is 0 Å². The van der Waals surface area contributed by atoms with Gasteiger partial charge in [-0.25, -0.2) is 4.39 Å². The number of carbonyl (C=O) groups excluding carboxylic acids is 1. The number of benzene rings is 1. The molecular weight excluding hydrogens is 323 g/mol. The molecule has 2 N–H and O–H groups in total. The normalized spacial score (nSPS) is 18.8. The van der Waals surface area contributed by atoms with Crippen LogP contribution >= 0.6 is 0 Å². The molecule has 1 fully saturated rings. The van der Waals surface area contributed by atoms with Crippen molar-refractivity contribution in [1.82, 2.24) is 10.3 Å². The Hall–Kier alpha value is -3.15. The molecule has 0 unspecified atom stereocenters. The third-order valence-corrected chi connectivity index (χ3v) is 4.32. The van der Waals surface area contributed by atoms with Crippen LogP contribution in [0.5, 0.6) is 0 Å². The molecule has 25 heavy (non-hydrogen) atoms. The number of hydrogen-bond donors (Lipinski definition) is 2. The van der Waals surface area contributed by atoms with Gasteiger partial charge in [-0.2, -0.15) is 0 Å². The van der Waals surface area contributed by atoms with Crippen LogP contribution in [0.3, 0.4) is 0 Å². The first-order valence-corrected chi connectivity index (χ1v) is 7.95. The molecule has 4 rings (SSSR count). The molecule has 2 aromatic heterocycles. The standard InChI is InChI=1S/C19H15FN2O3/c20-12-4-1-3-11(9-12)14-10-16(14)22-19(24)13-6-7-15(21-18(13)23)17-5-2-8-25-17/h1-9,14,16H,10H2,(H,21,23)(H,22,24)/t14-,16-/m1/s1. The lowest BCUT2D eigenvalue weighted by molar-refractivity contribution is 0.0949. The molecule has 2 atom stereocenters. The van der Waals surface area contributed by atoms with Crippen LogP contribution in [-0.2, 0) is 0 Å². The van der Waals surface area contributed by atoms with Gasteiger partial charge in [-0.15, -0.1) is 0 Å². The van der Waals surface area contributed by atoms with Gasteiger partial charge in [0.2, 0.25) is 0 Å². The van der Waals surface area contributed by atoms with E-state index in [1.54, 1.807) is 24.3 Å². The van der Waals surface area contributed by atoms with Gasteiger partial charge >= 0.3 is 0 Å². The van der Waals surface area contributed by atoms with Crippen LogP contribution in [-0.4, -0.2) is 16.9 Å². The molecule has 1 aliphatic carbocycles. The van der Waals surface area contributed by atoms with E-state index in [-0.39, 0.29) is 23.3 Å². The van der Waals surface area contributed by atoms with Crippen LogP contribution in [0.25, 0.3) is 11.5 Å². The quantitative estimate of drug-likeness (QED) is 0.768. The third-order valence-electron chi connectivity index (χ3n) is 4.32. The summed E-state index contributed by atoms with van der Waals surface area (Å²) >= 11 is 0. The van der Waals surface area contributed by atoms with E-state index in [1.807, 2.05) is 6.07 Å². The number of rotatable bonds is 4. The summed E-state index contributed by atoms with van der Waals surface area (Å²) in [6.45, 7) is 0. The van der Waals surface area contributed by atoms with Crippen LogP contribution in [0.1, 0.15) is 28.3 Å². The first-order valence-electron chi connectivity index (χ1n) is 7.95. The fourth-order valence-electron chi connectivity index (χ4n) is 2.93. The van der Waals surface area contributed by atoms with Gasteiger partial charge in [-0.05, 0) is 48.4 Å². The molecule has 5 nitrogen and oxygen atoms in total. The highest BCUT2D eigenvalue weighted by atomic mass is 19.1. The fourth-order valence-corrected chi connectivity index (χ4v) is 2.93. The van der Waals surface area contributed by atoms with E-state index in [9.17, 15) is 14.0 Å². The molecule has 1 aromatic carbocycles. The van der Waals surface area contributed by atoms with Gasteiger partial charge in [-0.1, -0.05) is 12.1 Å². The first-order chi connectivity index (χ1) is 12.1. The smallest absolute Gasteiger partial charge is 0.261 e. The molecule has 0 radical (unpaired) electrons. The molecule has 6 heteroatoms. The Morgan fingerprint density at radius 1 is 1.20 bits per heavy atom. The molecule has 1 aliphatic rings. The van der Waals surface area contributed by atoms with Gasteiger partial charge in [0.25, 0.3) is 11.5 Å². The van der Waals surface area contributed by atoms with Gasteiger partial charge in [0.1, 0.15) is 17.1 Å². The molecule has 2 heterocycles. The zero-order valence-corrected chi connectivity index (χ0v) is 13.2. The van der Waals surface area contributed by atoms with E-state index in [4.69, 9.17) is 4.42 Å². The number of amides is 1. The average Bonchev–Trinajstić information content (AvgIpc) is 3.14. The molecular formula is C19H15FN2O3. The number of aromatic nitrogens is 1. The number of hydrogen-bond acceptors (Lipinski definition) is 3. The molecule has 0 spiro atoms. The van der Waals surface area contributed by atoms with Crippen molar-refractivity contribution >= 4 is 5.91 Å². The molecule has 3 aromatic rings. The van der Waals surface area contributed by atoms with Gasteiger partial charge in [-0.3, -0.25) is 9.59 Å². The summed E-state index contributed by atoms with van der Waals surface area (Å²) in [6, 6.07) is 12.8. The summed E-state index contributed by atoms with van der Waals surface area (Å²) in [7, 11) is 0. The fraction of sp³-hybridized carbons (Fsp3) is 0.158. The van der Waals surface area contributed by atoms with E-state index in [1.165, 1.54) is 24.5 Å². The van der Waals surface area contributed by atoms with Crippen LogP contribution in [0.4, 0.5) is 4.39 Å². The minimum absolute atomic E-state index is 0.0419. The summed E-state index contributed by atoms with van der Waals surface area (Å²) in [5.41, 5.74) is 0.928. The summed E-state index contributed by atoms with van der Waals surface area (Å²) in [4.78, 5) is 27.1. The second kappa shape index (κ2) is 6.05. The molecule has 126 valence electrons. The maximum absolute atomic E-state index is 13.3. The van der Waals surface area contributed by atoms with E-state index in [0.717, 1.165) is 12.0 Å². The average molecular weight is 338 g/mol. The van der Waals surface area contributed by atoms with Crippen molar-refractivity contribution in [2.75, 3.05) is 0 Å². The molecule has 0 saturated heterocycles. The van der Waals surface area contributed by atoms with Crippen molar-refractivity contribution in [3.05, 3.63) is 82.1 Å². The minimum Gasteiger partial charge on any atom is -0.463 e. The van der Waals surface area contributed by atoms with E-state index < -0.39 is 11.5 Å². The molecule has 0 bridgehead atoms. The topological polar surface area (TPSA) is 75.1 Å². The van der Waals surface area contributed by atoms with Gasteiger partial charge < -0.3 is 14.7 Å². The van der Waals surface area contributed by atoms with Crippen molar-refractivity contribution in [3.63, 3.8) is 0 Å². The molecule has 1 amide bonds. The molecule has 0 aliphatic heterocycles. The van der Waals surface area contributed by atoms with Crippen LogP contribution in [0.2, 0.25) is 0 Å². The van der Waals surface area contributed by atoms with Crippen LogP contribution in [0.15, 0.2) is 64.0 Å². The van der Waals surface area contributed by atoms with Gasteiger partial charge in [0.15, 0.2) is 0 Å². The lowest BCUT2D eigenvalue weighted by Gasteiger charge is -2.05. The van der Waals surface area contributed by atoms with E-state index >= 15 is 0 Å². The number of furan rings is 1. The minimum atomic E-state index is -0.477. The maximum atomic E-state index is 13.3. The van der Waals surface area contributed by atoms with Gasteiger partial charge in [0, 0.05) is 12.0 Å². The Kier molecular flexibility index (Phi) is 3.72.